The second-order valence-corrected chi connectivity index (χ2v) is 28.7. The Labute approximate surface area is 518 Å². The summed E-state index contributed by atoms with van der Waals surface area (Å²) in [5.41, 5.74) is 1.50. The summed E-state index contributed by atoms with van der Waals surface area (Å²) in [7, 11) is -2.72. The van der Waals surface area contributed by atoms with Crippen LogP contribution in [0.4, 0.5) is 10.5 Å². The Morgan fingerprint density at radius 3 is 2.10 bits per heavy atom. The number of ketones is 3. The smallest absolute Gasteiger partial charge is 0.409 e. The first-order chi connectivity index (χ1) is 41.2. The molecule has 2 saturated heterocycles. The van der Waals surface area contributed by atoms with Crippen molar-refractivity contribution in [3.05, 3.63) is 77.4 Å². The molecule has 1 aromatic carbocycles. The van der Waals surface area contributed by atoms with Gasteiger partial charge in [0.1, 0.15) is 36.2 Å². The number of hydrogen-bond acceptors (Lipinski definition) is 17. The highest BCUT2D eigenvalue weighted by Crippen LogP contribution is 2.69. The van der Waals surface area contributed by atoms with Gasteiger partial charge in [-0.1, -0.05) is 83.2 Å². The standard InChI is InChI=1S/C63H97N3O20P2/c1-38-18-14-13-15-19-39(2)52(81-10)36-48-27-21-44(7)63(74,86-48)58(70)59(71)66-29-17-16-20-49(66)60(72)84-53(37-50(67)40(3)33-43(6)56(69)57(83-12)55(68)42(5)32-38)41(4)34-45-22-28-51(54(35-45)82-11)85-62(73)65(9)31-30-64(8)47-25-23-46(24-26-47)61(87(75,76)77)88(78,79)80/h13-15,18-19,23-26,33,38,40-42,44-45,48-49,51-54,56-57,61,69,74H,16-17,20-22,27-32,34-37H2,1-12H3,(H2,75,76,77)(H2,78,79,80)/b15-13+,18-14+,39-19+,43-33+/t38-,40-,41-,42-,44-,45+,48+,49?,51-,52+,53+,54-,56-,57+,63-/m1/s1. The second-order valence-electron chi connectivity index (χ2n) is 24.9. The highest BCUT2D eigenvalue weighted by Gasteiger charge is 2.53. The minimum absolute atomic E-state index is 0.0212. The summed E-state index contributed by atoms with van der Waals surface area (Å²) in [4.78, 5) is 128. The van der Waals surface area contributed by atoms with Crippen molar-refractivity contribution in [1.82, 2.24) is 9.80 Å². The van der Waals surface area contributed by atoms with Gasteiger partial charge in [-0.3, -0.25) is 28.3 Å². The Kier molecular flexibility index (Phi) is 27.8. The summed E-state index contributed by atoms with van der Waals surface area (Å²) < 4.78 is 59.8. The van der Waals surface area contributed by atoms with Crippen molar-refractivity contribution in [1.29, 1.82) is 0 Å². The number of carbonyl (C=O) groups excluding carboxylic acids is 6. The summed E-state index contributed by atoms with van der Waals surface area (Å²) in [6.45, 7) is 12.9. The van der Waals surface area contributed by atoms with E-state index in [0.29, 0.717) is 69.0 Å². The van der Waals surface area contributed by atoms with Gasteiger partial charge in [0.15, 0.2) is 11.2 Å². The van der Waals surface area contributed by atoms with E-state index in [4.69, 9.17) is 28.4 Å². The van der Waals surface area contributed by atoms with Crippen LogP contribution in [0.2, 0.25) is 0 Å². The average Bonchev–Trinajstić information content (AvgIpc) is 3.51. The number of likely N-dealkylation sites (N-methyl/N-ethyl adjacent to an activating group) is 2. The van der Waals surface area contributed by atoms with Gasteiger partial charge < -0.3 is 72.9 Å². The Hall–Kier alpha value is -4.74. The number of esters is 1. The number of methoxy groups -OCH3 is 3. The van der Waals surface area contributed by atoms with Gasteiger partial charge in [0.2, 0.25) is 5.79 Å². The maximum atomic E-state index is 14.7. The van der Waals surface area contributed by atoms with E-state index in [-0.39, 0.29) is 67.9 Å². The van der Waals surface area contributed by atoms with E-state index in [1.807, 2.05) is 51.2 Å². The van der Waals surface area contributed by atoms with Gasteiger partial charge in [-0.25, -0.2) is 9.59 Å². The van der Waals surface area contributed by atoms with Gasteiger partial charge in [-0.05, 0) is 125 Å². The number of piperidine rings is 1. The van der Waals surface area contributed by atoms with Gasteiger partial charge in [0.25, 0.3) is 11.7 Å². The molecule has 23 nitrogen and oxygen atoms in total. The first-order valence-corrected chi connectivity index (χ1v) is 33.9. The third-order valence-corrected chi connectivity index (χ3v) is 21.7. The molecule has 1 aromatic rings. The average molecular weight is 1280 g/mol. The molecule has 2 bridgehead atoms. The maximum absolute atomic E-state index is 14.7. The van der Waals surface area contributed by atoms with Crippen LogP contribution >= 0.6 is 15.2 Å². The molecule has 3 heterocycles. The van der Waals surface area contributed by atoms with E-state index < -0.39 is 123 Å². The van der Waals surface area contributed by atoms with Crippen LogP contribution in [0.3, 0.4) is 0 Å². The van der Waals surface area contributed by atoms with Crippen molar-refractivity contribution in [2.75, 3.05) is 60.0 Å². The quantitative estimate of drug-likeness (QED) is 0.0449. The minimum atomic E-state index is -5.20. The van der Waals surface area contributed by atoms with Crippen LogP contribution in [-0.4, -0.2) is 185 Å². The zero-order chi connectivity index (χ0) is 65.6. The molecule has 3 fully saturated rings. The number of anilines is 1. The molecule has 1 saturated carbocycles. The summed E-state index contributed by atoms with van der Waals surface area (Å²) in [5.74, 6) is -8.92. The van der Waals surface area contributed by atoms with Gasteiger partial charge >= 0.3 is 27.3 Å². The SMILES string of the molecule is CO[C@H]1C[C@@H]2CC[C@@H](C)[C@@](O)(O2)C(=O)C(=O)N2CCCCC2C(=O)O[C@H]([C@H](C)C[C@@H]2CC[C@@H](OC(=O)N(C)CCN(C)c3ccc(C(P(=O)(O)O)P(=O)(O)O)cc3)[C@H](OC)C2)CC(=O)[C@H](C)/C=C(\C)[C@@H](O)[C@@H](OC)C(=O)[C@H](C)C[C@H](C)/C=C/C=C/C=C/1C. The fraction of sp³-hybridized carbons (Fsp3) is 0.683. The van der Waals surface area contributed by atoms with Gasteiger partial charge in [0, 0.05) is 91.3 Å². The van der Waals surface area contributed by atoms with Crippen LogP contribution in [0.5, 0.6) is 0 Å². The number of cyclic esters (lactones) is 1. The lowest BCUT2D eigenvalue weighted by molar-refractivity contribution is -0.265. The van der Waals surface area contributed by atoms with Gasteiger partial charge in [-0.2, -0.15) is 0 Å². The van der Waals surface area contributed by atoms with Crippen molar-refractivity contribution in [3.63, 3.8) is 0 Å². The fourth-order valence-electron chi connectivity index (χ4n) is 12.5. The largest absolute Gasteiger partial charge is 0.460 e. The molecule has 6 N–H and O–H groups in total. The first-order valence-electron chi connectivity index (χ1n) is 30.6. The van der Waals surface area contributed by atoms with Crippen molar-refractivity contribution in [2.24, 2.45) is 35.5 Å². The van der Waals surface area contributed by atoms with Crippen LogP contribution < -0.4 is 4.90 Å². The van der Waals surface area contributed by atoms with Gasteiger partial charge in [0.05, 0.1) is 18.3 Å². The molecule has 1 unspecified atom stereocenters. The number of nitrogens with zero attached hydrogens (tertiary/aromatic N) is 3. The Balaban J connectivity index is 1.36. The first kappa shape index (κ1) is 74.0. The monoisotopic (exact) mass is 1280 g/mol. The molecular weight excluding hydrogens is 1180 g/mol. The Morgan fingerprint density at radius 2 is 1.48 bits per heavy atom. The number of benzene rings is 1. The Bertz CT molecular complexity index is 2760. The molecule has 3 aliphatic heterocycles. The van der Waals surface area contributed by atoms with Crippen molar-refractivity contribution >= 4 is 56.2 Å². The van der Waals surface area contributed by atoms with Crippen molar-refractivity contribution < 1.29 is 96.1 Å². The van der Waals surface area contributed by atoms with E-state index >= 15 is 0 Å². The number of rotatable bonds is 14. The highest BCUT2D eigenvalue weighted by atomic mass is 31.2. The normalized spacial score (nSPS) is 33.2. The number of hydrogen-bond donors (Lipinski definition) is 6. The summed E-state index contributed by atoms with van der Waals surface area (Å²) >= 11 is 0. The van der Waals surface area contributed by atoms with Crippen LogP contribution in [0, 0.1) is 35.5 Å². The van der Waals surface area contributed by atoms with Crippen LogP contribution in [0.25, 0.3) is 0 Å². The van der Waals surface area contributed by atoms with E-state index in [2.05, 4.69) is 0 Å². The van der Waals surface area contributed by atoms with Crippen molar-refractivity contribution in [2.45, 2.75) is 185 Å². The van der Waals surface area contributed by atoms with E-state index in [1.54, 1.807) is 59.9 Å². The molecule has 0 aromatic heterocycles. The zero-order valence-electron chi connectivity index (χ0n) is 53.2. The Morgan fingerprint density at radius 1 is 0.807 bits per heavy atom. The van der Waals surface area contributed by atoms with Crippen LogP contribution in [0.15, 0.2) is 71.9 Å². The molecule has 4 aliphatic rings. The predicted octanol–water partition coefficient (Wildman–Crippen LogP) is 7.75. The number of Topliss-reactive ketones (excluding diaryl/α,β-unsaturated/α-hetero) is 3. The molecular formula is C63H97N3O20P2. The number of ether oxygens (including phenoxy) is 6. The minimum Gasteiger partial charge on any atom is -0.460 e. The van der Waals surface area contributed by atoms with Crippen LogP contribution in [-0.2, 0) is 61.5 Å². The zero-order valence-corrected chi connectivity index (χ0v) is 55.0. The lowest BCUT2D eigenvalue weighted by Gasteiger charge is -2.42. The van der Waals surface area contributed by atoms with Crippen molar-refractivity contribution in [3.8, 4) is 0 Å². The molecule has 2 amide bonds. The topological polar surface area (TPSA) is 323 Å². The number of aliphatic hydroxyl groups is 2. The third kappa shape index (κ3) is 19.9. The molecule has 1 aliphatic carbocycles. The molecule has 5 rings (SSSR count). The summed E-state index contributed by atoms with van der Waals surface area (Å²) in [5, 5.41) is 21.4. The lowest BCUT2D eigenvalue weighted by Crippen LogP contribution is -2.61. The van der Waals surface area contributed by atoms with E-state index in [1.165, 1.54) is 43.4 Å². The highest BCUT2D eigenvalue weighted by molar-refractivity contribution is 7.70. The molecule has 15 atom stereocenters. The van der Waals surface area contributed by atoms with Gasteiger partial charge in [-0.15, -0.1) is 0 Å². The van der Waals surface area contributed by atoms with Crippen LogP contribution in [0.1, 0.15) is 136 Å². The number of fused-ring (bicyclic) bond motifs is 3. The summed E-state index contributed by atoms with van der Waals surface area (Å²) in [6, 6.07) is 4.15. The van der Waals surface area contributed by atoms with E-state index in [9.17, 15) is 67.7 Å². The van der Waals surface area contributed by atoms with E-state index in [0.717, 1.165) is 10.5 Å². The summed E-state index contributed by atoms with van der Waals surface area (Å²) in [6.07, 6.45) is 8.71. The second kappa shape index (κ2) is 33.0. The fourth-order valence-corrected chi connectivity index (χ4v) is 15.1. The molecule has 0 radical (unpaired) electrons. The predicted molar refractivity (Wildman–Crippen MR) is 329 cm³/mol. The number of aliphatic hydroxyl groups excluding tert-OH is 1. The molecule has 88 heavy (non-hydrogen) atoms. The number of carbonyl (C=O) groups is 6. The lowest BCUT2D eigenvalue weighted by atomic mass is 9.78. The molecule has 494 valence electrons. The number of allylic oxidation sites excluding steroid dienone is 6. The third-order valence-electron chi connectivity index (χ3n) is 18.1. The molecule has 25 heteroatoms. The number of amides is 2. The molecule has 0 spiro atoms. The maximum Gasteiger partial charge on any atom is 0.409 e.